The second kappa shape index (κ2) is 12.6. The number of para-hydroxylation sites is 1. The number of fused-ring (bicyclic) bond motifs is 1. The van der Waals surface area contributed by atoms with Gasteiger partial charge in [0, 0.05) is 18.8 Å². The molecule has 0 bridgehead atoms. The van der Waals surface area contributed by atoms with Gasteiger partial charge in [-0.05, 0) is 73.9 Å². The third-order valence-corrected chi connectivity index (χ3v) is 6.87. The molecule has 1 fully saturated rings. The summed E-state index contributed by atoms with van der Waals surface area (Å²) in [5, 5.41) is 11.4. The monoisotopic (exact) mass is 543 g/mol. The van der Waals surface area contributed by atoms with E-state index in [1.165, 1.54) is 4.90 Å². The third kappa shape index (κ3) is 6.07. The van der Waals surface area contributed by atoms with Crippen molar-refractivity contribution in [3.8, 4) is 11.5 Å². The topological polar surface area (TPSA) is 108 Å². The lowest BCUT2D eigenvalue weighted by Crippen LogP contribution is -2.46. The number of anilines is 1. The van der Waals surface area contributed by atoms with Crippen LogP contribution in [0.5, 0.6) is 11.5 Å². The zero-order chi connectivity index (χ0) is 27.9. The van der Waals surface area contributed by atoms with Gasteiger partial charge in [-0.25, -0.2) is 4.68 Å². The predicted octanol–water partition coefficient (Wildman–Crippen LogP) is 3.91. The van der Waals surface area contributed by atoms with Gasteiger partial charge in [0.05, 0.1) is 25.3 Å². The molecule has 1 saturated heterocycles. The number of aromatic nitrogens is 3. The number of amides is 2. The quantitative estimate of drug-likeness (QED) is 0.306. The van der Waals surface area contributed by atoms with Crippen LogP contribution in [0.3, 0.4) is 0 Å². The largest absolute Gasteiger partial charge is 0.497 e. The number of benzene rings is 3. The molecule has 1 aliphatic heterocycles. The van der Waals surface area contributed by atoms with Crippen molar-refractivity contribution in [2.24, 2.45) is 0 Å². The lowest BCUT2D eigenvalue weighted by Gasteiger charge is -2.32. The normalized spacial score (nSPS) is 15.5. The van der Waals surface area contributed by atoms with Gasteiger partial charge < -0.3 is 19.5 Å². The fraction of sp³-hybridized carbons (Fsp3) is 0.333. The van der Waals surface area contributed by atoms with E-state index in [0.717, 1.165) is 18.4 Å². The Kier molecular flexibility index (Phi) is 8.56. The van der Waals surface area contributed by atoms with Crippen LogP contribution in [0.15, 0.2) is 72.8 Å². The van der Waals surface area contributed by atoms with Gasteiger partial charge in [-0.15, -0.1) is 5.10 Å². The lowest BCUT2D eigenvalue weighted by atomic mass is 10.0. The standard InChI is InChI=1S/C30H33N5O5/c1-3-39-24-16-12-22(13-17-24)35(28(36)20-34-27-9-5-4-8-26(27)32-33-34)29(21-10-14-23(38-2)15-11-21)30(37)31-19-25-7-6-18-40-25/h4-5,8-17,25,29H,3,6-7,18-20H2,1-2H3,(H,31,37)/t25-,29-/m1/s1. The molecule has 0 unspecified atom stereocenters. The van der Waals surface area contributed by atoms with Gasteiger partial charge in [-0.1, -0.05) is 29.5 Å². The molecule has 0 aliphatic carbocycles. The molecule has 40 heavy (non-hydrogen) atoms. The van der Waals surface area contributed by atoms with Gasteiger partial charge in [0.2, 0.25) is 11.8 Å². The Morgan fingerprint density at radius 2 is 1.82 bits per heavy atom. The molecular weight excluding hydrogens is 510 g/mol. The number of nitrogens with one attached hydrogen (secondary N) is 1. The average Bonchev–Trinajstić information content (AvgIpc) is 3.66. The summed E-state index contributed by atoms with van der Waals surface area (Å²) in [7, 11) is 1.58. The molecule has 208 valence electrons. The van der Waals surface area contributed by atoms with E-state index in [-0.39, 0.29) is 24.5 Å². The molecule has 1 N–H and O–H groups in total. The summed E-state index contributed by atoms with van der Waals surface area (Å²) in [5.74, 6) is 0.680. The van der Waals surface area contributed by atoms with Crippen molar-refractivity contribution in [3.63, 3.8) is 0 Å². The van der Waals surface area contributed by atoms with Crippen molar-refractivity contribution < 1.29 is 23.8 Å². The molecule has 0 saturated carbocycles. The molecule has 2 heterocycles. The van der Waals surface area contributed by atoms with E-state index in [0.29, 0.717) is 48.0 Å². The van der Waals surface area contributed by atoms with Gasteiger partial charge in [0.1, 0.15) is 29.6 Å². The molecule has 1 aromatic heterocycles. The van der Waals surface area contributed by atoms with Gasteiger partial charge in [-0.2, -0.15) is 0 Å². The van der Waals surface area contributed by atoms with E-state index in [2.05, 4.69) is 15.6 Å². The second-order valence-corrected chi connectivity index (χ2v) is 9.48. The molecule has 0 radical (unpaired) electrons. The van der Waals surface area contributed by atoms with Crippen molar-refractivity contribution in [2.75, 3.05) is 31.8 Å². The summed E-state index contributed by atoms with van der Waals surface area (Å²) in [6.07, 6.45) is 1.80. The molecule has 2 amide bonds. The van der Waals surface area contributed by atoms with Crippen molar-refractivity contribution in [3.05, 3.63) is 78.4 Å². The smallest absolute Gasteiger partial charge is 0.249 e. The van der Waals surface area contributed by atoms with Gasteiger partial charge >= 0.3 is 0 Å². The average molecular weight is 544 g/mol. The molecule has 1 aliphatic rings. The zero-order valence-corrected chi connectivity index (χ0v) is 22.7. The van der Waals surface area contributed by atoms with E-state index >= 15 is 0 Å². The number of carbonyl (C=O) groups excluding carboxylic acids is 2. The summed E-state index contributed by atoms with van der Waals surface area (Å²) in [4.78, 5) is 29.6. The number of hydrogen-bond donors (Lipinski definition) is 1. The van der Waals surface area contributed by atoms with Crippen LogP contribution >= 0.6 is 0 Å². The Hall–Kier alpha value is -4.44. The van der Waals surface area contributed by atoms with E-state index in [9.17, 15) is 9.59 Å². The number of methoxy groups -OCH3 is 1. The number of hydrogen-bond acceptors (Lipinski definition) is 7. The van der Waals surface area contributed by atoms with Crippen molar-refractivity contribution >= 4 is 28.5 Å². The number of rotatable bonds is 11. The highest BCUT2D eigenvalue weighted by Gasteiger charge is 2.34. The number of ether oxygens (including phenoxy) is 3. The molecule has 10 nitrogen and oxygen atoms in total. The fourth-order valence-corrected chi connectivity index (χ4v) is 4.87. The second-order valence-electron chi connectivity index (χ2n) is 9.48. The fourth-order valence-electron chi connectivity index (χ4n) is 4.87. The zero-order valence-electron chi connectivity index (χ0n) is 22.7. The first-order valence-electron chi connectivity index (χ1n) is 13.4. The summed E-state index contributed by atoms with van der Waals surface area (Å²) in [6, 6.07) is 20.8. The first-order valence-corrected chi connectivity index (χ1v) is 13.4. The van der Waals surface area contributed by atoms with Crippen LogP contribution in [-0.4, -0.2) is 59.8 Å². The Balaban J connectivity index is 1.53. The molecule has 10 heteroatoms. The van der Waals surface area contributed by atoms with Crippen LogP contribution in [0.25, 0.3) is 11.0 Å². The van der Waals surface area contributed by atoms with Crippen LogP contribution < -0.4 is 19.7 Å². The highest BCUT2D eigenvalue weighted by atomic mass is 16.5. The molecular formula is C30H33N5O5. The summed E-state index contributed by atoms with van der Waals surface area (Å²) in [5.41, 5.74) is 2.59. The van der Waals surface area contributed by atoms with E-state index in [1.807, 2.05) is 31.2 Å². The van der Waals surface area contributed by atoms with Crippen LogP contribution in [0.4, 0.5) is 5.69 Å². The molecule has 0 spiro atoms. The van der Waals surface area contributed by atoms with E-state index in [4.69, 9.17) is 14.2 Å². The Labute approximate surface area is 232 Å². The van der Waals surface area contributed by atoms with Crippen LogP contribution in [0.1, 0.15) is 31.4 Å². The Morgan fingerprint density at radius 1 is 1.07 bits per heavy atom. The number of carbonyl (C=O) groups is 2. The summed E-state index contributed by atoms with van der Waals surface area (Å²) >= 11 is 0. The van der Waals surface area contributed by atoms with Crippen LogP contribution in [0, 0.1) is 0 Å². The summed E-state index contributed by atoms with van der Waals surface area (Å²) < 4.78 is 18.2. The minimum absolute atomic E-state index is 0.0448. The summed E-state index contributed by atoms with van der Waals surface area (Å²) in [6.45, 7) is 3.36. The minimum atomic E-state index is -0.965. The van der Waals surface area contributed by atoms with Crippen LogP contribution in [-0.2, 0) is 20.9 Å². The highest BCUT2D eigenvalue weighted by molar-refractivity contribution is 6.01. The molecule has 5 rings (SSSR count). The lowest BCUT2D eigenvalue weighted by molar-refractivity contribution is -0.127. The van der Waals surface area contributed by atoms with Gasteiger partial charge in [0.25, 0.3) is 0 Å². The first-order chi connectivity index (χ1) is 19.6. The maximum absolute atomic E-state index is 14.1. The predicted molar refractivity (Wildman–Crippen MR) is 150 cm³/mol. The maximum Gasteiger partial charge on any atom is 0.249 e. The van der Waals surface area contributed by atoms with Gasteiger partial charge in [0.15, 0.2) is 0 Å². The minimum Gasteiger partial charge on any atom is -0.497 e. The first kappa shape index (κ1) is 27.1. The molecule has 4 aromatic rings. The SMILES string of the molecule is CCOc1ccc(N(C(=O)Cn2nnc3ccccc32)[C@@H](C(=O)NC[C@H]2CCCO2)c2ccc(OC)cc2)cc1. The highest BCUT2D eigenvalue weighted by Crippen LogP contribution is 2.31. The molecule has 3 aromatic carbocycles. The third-order valence-electron chi connectivity index (χ3n) is 6.87. The van der Waals surface area contributed by atoms with Crippen LogP contribution in [0.2, 0.25) is 0 Å². The van der Waals surface area contributed by atoms with Crippen molar-refractivity contribution in [1.82, 2.24) is 20.3 Å². The molecule has 2 atom stereocenters. The van der Waals surface area contributed by atoms with Gasteiger partial charge in [-0.3, -0.25) is 14.5 Å². The van der Waals surface area contributed by atoms with Crippen molar-refractivity contribution in [1.29, 1.82) is 0 Å². The van der Waals surface area contributed by atoms with E-state index < -0.39 is 6.04 Å². The Morgan fingerprint density at radius 3 is 2.52 bits per heavy atom. The van der Waals surface area contributed by atoms with E-state index in [1.54, 1.807) is 60.3 Å². The maximum atomic E-state index is 14.1. The number of nitrogens with zero attached hydrogens (tertiary/aromatic N) is 4. The Bertz CT molecular complexity index is 1430. The van der Waals surface area contributed by atoms with Crippen molar-refractivity contribution in [2.45, 2.75) is 38.5 Å².